The smallest absolute Gasteiger partial charge is 0.0523 e. The van der Waals surface area contributed by atoms with E-state index in [0.29, 0.717) is 0 Å². The first-order valence-electron chi connectivity index (χ1n) is 6.01. The van der Waals surface area contributed by atoms with E-state index in [9.17, 15) is 0 Å². The summed E-state index contributed by atoms with van der Waals surface area (Å²) in [6.45, 7) is 4.33. The third kappa shape index (κ3) is 12.7. The van der Waals surface area contributed by atoms with Gasteiger partial charge in [0.2, 0.25) is 0 Å². The summed E-state index contributed by atoms with van der Waals surface area (Å²) in [7, 11) is 0. The van der Waals surface area contributed by atoms with Gasteiger partial charge in [-0.15, -0.1) is 0 Å². The van der Waals surface area contributed by atoms with E-state index < -0.39 is 0 Å². The van der Waals surface area contributed by atoms with Gasteiger partial charge in [0.1, 0.15) is 0 Å². The molecule has 0 rings (SSSR count). The zero-order valence-corrected chi connectivity index (χ0v) is 11.5. The van der Waals surface area contributed by atoms with Crippen molar-refractivity contribution in [3.63, 3.8) is 0 Å². The van der Waals surface area contributed by atoms with E-state index in [4.69, 9.17) is 0 Å². The predicted octanol–water partition coefficient (Wildman–Crippen LogP) is 5.09. The van der Waals surface area contributed by atoms with Gasteiger partial charge in [-0.25, -0.2) is 0 Å². The summed E-state index contributed by atoms with van der Waals surface area (Å²) < 4.78 is -0.0673. The average Bonchev–Trinajstić information content (AvgIpc) is 2.08. The van der Waals surface area contributed by atoms with Crippen LogP contribution in [-0.4, -0.2) is 4.08 Å². The molecule has 0 spiro atoms. The first-order chi connectivity index (χ1) is 6.56. The lowest BCUT2D eigenvalue weighted by Gasteiger charge is -2.15. The Bertz CT molecular complexity index is 116. The Kier molecular flexibility index (Phi) is 9.41. The molecule has 14 heavy (non-hydrogen) atoms. The number of hydrogen-bond acceptors (Lipinski definition) is 2. The lowest BCUT2D eigenvalue weighted by atomic mass is 10.1. The Morgan fingerprint density at radius 1 is 0.786 bits per heavy atom. The highest BCUT2D eigenvalue weighted by Gasteiger charge is 2.10. The third-order valence-corrected chi connectivity index (χ3v) is 2.95. The van der Waals surface area contributed by atoms with Crippen molar-refractivity contribution in [3.05, 3.63) is 0 Å². The van der Waals surface area contributed by atoms with Crippen LogP contribution in [0.15, 0.2) is 0 Å². The van der Waals surface area contributed by atoms with Crippen LogP contribution >= 0.6 is 25.3 Å². The molecule has 0 fully saturated rings. The average molecular weight is 234 g/mol. The van der Waals surface area contributed by atoms with Crippen molar-refractivity contribution in [1.82, 2.24) is 0 Å². The van der Waals surface area contributed by atoms with Crippen molar-refractivity contribution in [2.45, 2.75) is 75.7 Å². The Labute approximate surface area is 101 Å². The first-order valence-corrected chi connectivity index (χ1v) is 6.90. The van der Waals surface area contributed by atoms with E-state index in [1.54, 1.807) is 0 Å². The third-order valence-electron chi connectivity index (χ3n) is 2.50. The van der Waals surface area contributed by atoms with Crippen LogP contribution in [0.25, 0.3) is 0 Å². The first kappa shape index (κ1) is 14.7. The zero-order valence-electron chi connectivity index (χ0n) is 9.76. The van der Waals surface area contributed by atoms with Crippen molar-refractivity contribution < 1.29 is 0 Å². The maximum Gasteiger partial charge on any atom is 0.0523 e. The van der Waals surface area contributed by atoms with Crippen LogP contribution in [0, 0.1) is 0 Å². The Balaban J connectivity index is 2.99. The topological polar surface area (TPSA) is 0 Å². The van der Waals surface area contributed by atoms with Crippen molar-refractivity contribution in [3.8, 4) is 0 Å². The van der Waals surface area contributed by atoms with Gasteiger partial charge in [0.15, 0.2) is 0 Å². The lowest BCUT2D eigenvalue weighted by Crippen LogP contribution is -2.05. The fourth-order valence-electron chi connectivity index (χ4n) is 1.59. The molecule has 0 aliphatic carbocycles. The second kappa shape index (κ2) is 8.96. The van der Waals surface area contributed by atoms with Gasteiger partial charge in [0.25, 0.3) is 0 Å². The van der Waals surface area contributed by atoms with E-state index in [1.165, 1.54) is 51.4 Å². The van der Waals surface area contributed by atoms with Crippen LogP contribution in [0.5, 0.6) is 0 Å². The van der Waals surface area contributed by atoms with E-state index in [0.717, 1.165) is 6.42 Å². The molecular weight excluding hydrogens is 208 g/mol. The summed E-state index contributed by atoms with van der Waals surface area (Å²) in [5, 5.41) is 0. The van der Waals surface area contributed by atoms with Crippen LogP contribution in [0.3, 0.4) is 0 Å². The largest absolute Gasteiger partial charge is 0.162 e. The van der Waals surface area contributed by atoms with Gasteiger partial charge in [-0.05, 0) is 13.3 Å². The summed E-state index contributed by atoms with van der Waals surface area (Å²) in [6.07, 6.45) is 12.1. The van der Waals surface area contributed by atoms with Crippen molar-refractivity contribution >= 4 is 25.3 Å². The molecule has 0 radical (unpaired) electrons. The minimum Gasteiger partial charge on any atom is -0.162 e. The SMILES string of the molecule is CCCCCCCCCCC(C)(S)S. The molecule has 0 saturated carbocycles. The van der Waals surface area contributed by atoms with Crippen molar-refractivity contribution in [2.75, 3.05) is 0 Å². The van der Waals surface area contributed by atoms with Crippen LogP contribution in [0.4, 0.5) is 0 Å². The summed E-state index contributed by atoms with van der Waals surface area (Å²) in [5.74, 6) is 0. The van der Waals surface area contributed by atoms with Gasteiger partial charge in [0, 0.05) is 0 Å². The standard InChI is InChI=1S/C12H26S2/c1-3-4-5-6-7-8-9-10-11-12(2,13)14/h13-14H,3-11H2,1-2H3. The molecule has 0 aliphatic rings. The van der Waals surface area contributed by atoms with Gasteiger partial charge in [-0.3, -0.25) is 0 Å². The maximum absolute atomic E-state index is 4.39. The molecule has 0 aromatic carbocycles. The lowest BCUT2D eigenvalue weighted by molar-refractivity contribution is 0.560. The molecule has 2 heteroatoms. The molecule has 0 N–H and O–H groups in total. The molecule has 0 saturated heterocycles. The highest BCUT2D eigenvalue weighted by Crippen LogP contribution is 2.25. The number of unbranched alkanes of at least 4 members (excludes halogenated alkanes) is 7. The molecule has 0 aromatic rings. The minimum atomic E-state index is -0.0673. The normalized spacial score (nSPS) is 12.0. The number of thiol groups is 2. The van der Waals surface area contributed by atoms with E-state index in [-0.39, 0.29) is 4.08 Å². The fourth-order valence-corrected chi connectivity index (χ4v) is 1.91. The number of rotatable bonds is 9. The molecule has 0 nitrogen and oxygen atoms in total. The minimum absolute atomic E-state index is 0.0673. The van der Waals surface area contributed by atoms with Crippen LogP contribution in [0.2, 0.25) is 0 Å². The maximum atomic E-state index is 4.39. The van der Waals surface area contributed by atoms with Gasteiger partial charge < -0.3 is 0 Å². The van der Waals surface area contributed by atoms with E-state index >= 15 is 0 Å². The van der Waals surface area contributed by atoms with Crippen LogP contribution in [0.1, 0.15) is 71.6 Å². The molecule has 0 amide bonds. The number of hydrogen-bond donors (Lipinski definition) is 2. The summed E-state index contributed by atoms with van der Waals surface area (Å²) in [5.41, 5.74) is 0. The van der Waals surface area contributed by atoms with Crippen LogP contribution < -0.4 is 0 Å². The van der Waals surface area contributed by atoms with E-state index in [2.05, 4.69) is 39.1 Å². The van der Waals surface area contributed by atoms with E-state index in [1.807, 2.05) is 0 Å². The summed E-state index contributed by atoms with van der Waals surface area (Å²) >= 11 is 8.78. The van der Waals surface area contributed by atoms with Crippen molar-refractivity contribution in [2.24, 2.45) is 0 Å². The molecule has 0 unspecified atom stereocenters. The molecule has 0 bridgehead atoms. The molecule has 0 aromatic heterocycles. The van der Waals surface area contributed by atoms with Crippen molar-refractivity contribution in [1.29, 1.82) is 0 Å². The monoisotopic (exact) mass is 234 g/mol. The fraction of sp³-hybridized carbons (Fsp3) is 1.00. The molecule has 86 valence electrons. The Morgan fingerprint density at radius 3 is 1.64 bits per heavy atom. The van der Waals surface area contributed by atoms with Crippen LogP contribution in [-0.2, 0) is 0 Å². The quantitative estimate of drug-likeness (QED) is 0.310. The van der Waals surface area contributed by atoms with Gasteiger partial charge in [-0.1, -0.05) is 58.3 Å². The highest BCUT2D eigenvalue weighted by molar-refractivity contribution is 8.00. The Morgan fingerprint density at radius 2 is 1.21 bits per heavy atom. The molecular formula is C12H26S2. The summed E-state index contributed by atoms with van der Waals surface area (Å²) in [4.78, 5) is 0. The zero-order chi connectivity index (χ0) is 10.9. The second-order valence-corrected chi connectivity index (χ2v) is 6.77. The second-order valence-electron chi connectivity index (χ2n) is 4.44. The molecule has 0 atom stereocenters. The highest BCUT2D eigenvalue weighted by atomic mass is 32.2. The Hall–Kier alpha value is 0.700. The van der Waals surface area contributed by atoms with Gasteiger partial charge in [-0.2, -0.15) is 25.3 Å². The molecule has 0 aliphatic heterocycles. The predicted molar refractivity (Wildman–Crippen MR) is 73.6 cm³/mol. The van der Waals surface area contributed by atoms with Gasteiger partial charge in [0.05, 0.1) is 4.08 Å². The van der Waals surface area contributed by atoms with Gasteiger partial charge >= 0.3 is 0 Å². The summed E-state index contributed by atoms with van der Waals surface area (Å²) in [6, 6.07) is 0. The molecule has 0 heterocycles.